The average molecular weight is 579 g/mol. The van der Waals surface area contributed by atoms with Crippen molar-refractivity contribution in [2.24, 2.45) is 23.7 Å². The van der Waals surface area contributed by atoms with E-state index in [0.717, 1.165) is 30.4 Å². The van der Waals surface area contributed by atoms with E-state index in [1.165, 1.54) is 4.90 Å². The van der Waals surface area contributed by atoms with Crippen LogP contribution < -0.4 is 4.90 Å². The van der Waals surface area contributed by atoms with E-state index in [0.29, 0.717) is 50.3 Å². The van der Waals surface area contributed by atoms with Crippen LogP contribution in [0.5, 0.6) is 0 Å². The summed E-state index contributed by atoms with van der Waals surface area (Å²) in [7, 11) is 0. The summed E-state index contributed by atoms with van der Waals surface area (Å²) < 4.78 is 5.45. The minimum atomic E-state index is -0.636. The van der Waals surface area contributed by atoms with Gasteiger partial charge in [-0.3, -0.25) is 19.3 Å². The number of rotatable bonds is 6. The number of hydrogen-bond acceptors (Lipinski definition) is 6. The Balaban J connectivity index is 1.17. The van der Waals surface area contributed by atoms with Crippen molar-refractivity contribution < 1.29 is 23.9 Å². The molecule has 4 unspecified atom stereocenters. The Labute approximate surface area is 247 Å². The van der Waals surface area contributed by atoms with Gasteiger partial charge in [-0.1, -0.05) is 41.9 Å². The average Bonchev–Trinajstić information content (AvgIpc) is 3.69. The molecule has 1 aromatic heterocycles. The summed E-state index contributed by atoms with van der Waals surface area (Å²) in [5, 5.41) is 1.13. The van der Waals surface area contributed by atoms with E-state index in [4.69, 9.17) is 21.3 Å². The van der Waals surface area contributed by atoms with Crippen LogP contribution >= 0.6 is 11.6 Å². The van der Waals surface area contributed by atoms with Crippen LogP contribution in [0.4, 0.5) is 5.69 Å². The molecule has 0 spiro atoms. The number of ketones is 1. The first-order chi connectivity index (χ1) is 20.3. The zero-order valence-electron chi connectivity index (χ0n) is 22.9. The second-order valence-electron chi connectivity index (χ2n) is 11.5. The summed E-state index contributed by atoms with van der Waals surface area (Å²) in [5.41, 5.74) is 4.02. The first-order valence-electron chi connectivity index (χ1n) is 14.1. The third-order valence-corrected chi connectivity index (χ3v) is 9.36. The molecule has 1 saturated heterocycles. The Morgan fingerprint density at radius 1 is 0.929 bits per heavy atom. The fourth-order valence-corrected chi connectivity index (χ4v) is 7.21. The van der Waals surface area contributed by atoms with Crippen LogP contribution in [0.15, 0.2) is 72.8 Å². The molecule has 4 aromatic rings. The number of Topliss-reactive ketones (excluding diaryl/α,β-unsaturated/α-hetero) is 1. The fraction of sp³-hybridized carbons (Fsp3) is 0.265. The van der Waals surface area contributed by atoms with E-state index in [2.05, 4.69) is 0 Å². The number of carbonyl (C=O) groups is 4. The number of benzene rings is 3. The van der Waals surface area contributed by atoms with E-state index >= 15 is 0 Å². The third-order valence-electron chi connectivity index (χ3n) is 9.11. The first-order valence-corrected chi connectivity index (χ1v) is 14.5. The maximum Gasteiger partial charge on any atom is 0.339 e. The molecule has 3 fully saturated rings. The van der Waals surface area contributed by atoms with E-state index in [9.17, 15) is 19.2 Å². The van der Waals surface area contributed by atoms with Crippen molar-refractivity contribution >= 4 is 51.8 Å². The predicted octanol–water partition coefficient (Wildman–Crippen LogP) is 6.44. The van der Waals surface area contributed by atoms with Crippen LogP contribution in [0.3, 0.4) is 0 Å². The molecule has 2 amide bonds. The van der Waals surface area contributed by atoms with Gasteiger partial charge in [0, 0.05) is 21.5 Å². The molecular formula is C34H27ClN2O5. The van der Waals surface area contributed by atoms with Crippen molar-refractivity contribution in [3.63, 3.8) is 0 Å². The van der Waals surface area contributed by atoms with Gasteiger partial charge in [-0.15, -0.1) is 0 Å². The molecule has 7 nitrogen and oxygen atoms in total. The van der Waals surface area contributed by atoms with E-state index in [1.54, 1.807) is 48.5 Å². The summed E-state index contributed by atoms with van der Waals surface area (Å²) in [6.07, 6.45) is 3.06. The lowest BCUT2D eigenvalue weighted by Gasteiger charge is -2.19. The van der Waals surface area contributed by atoms with Crippen molar-refractivity contribution in [3.8, 4) is 11.3 Å². The van der Waals surface area contributed by atoms with Crippen LogP contribution in [0.1, 0.15) is 45.5 Å². The second kappa shape index (κ2) is 10.2. The number of fused-ring (bicyclic) bond motifs is 6. The number of aryl methyl sites for hydroxylation is 1. The summed E-state index contributed by atoms with van der Waals surface area (Å²) in [6, 6.07) is 20.8. The number of esters is 1. The zero-order chi connectivity index (χ0) is 29.1. The Bertz CT molecular complexity index is 1750. The highest BCUT2D eigenvalue weighted by Crippen LogP contribution is 2.56. The highest BCUT2D eigenvalue weighted by molar-refractivity contribution is 6.30. The van der Waals surface area contributed by atoms with Crippen molar-refractivity contribution in [2.45, 2.75) is 26.2 Å². The lowest BCUT2D eigenvalue weighted by Crippen LogP contribution is -2.32. The normalized spacial score (nSPS) is 22.6. The number of imide groups is 1. The Morgan fingerprint density at radius 2 is 1.60 bits per heavy atom. The van der Waals surface area contributed by atoms with E-state index in [1.807, 2.05) is 31.2 Å². The van der Waals surface area contributed by atoms with Crippen molar-refractivity contribution in [3.05, 3.63) is 94.5 Å². The van der Waals surface area contributed by atoms with Gasteiger partial charge < -0.3 is 4.74 Å². The van der Waals surface area contributed by atoms with Crippen molar-refractivity contribution in [2.75, 3.05) is 11.5 Å². The third kappa shape index (κ3) is 4.31. The molecule has 42 heavy (non-hydrogen) atoms. The number of amides is 2. The van der Waals surface area contributed by atoms with Crippen LogP contribution in [-0.4, -0.2) is 35.2 Å². The maximum absolute atomic E-state index is 13.3. The van der Waals surface area contributed by atoms with Gasteiger partial charge in [0.15, 0.2) is 12.4 Å². The first kappa shape index (κ1) is 26.5. The fourth-order valence-electron chi connectivity index (χ4n) is 7.08. The van der Waals surface area contributed by atoms with Crippen molar-refractivity contribution in [1.82, 2.24) is 4.98 Å². The van der Waals surface area contributed by atoms with Crippen LogP contribution in [0.2, 0.25) is 5.02 Å². The summed E-state index contributed by atoms with van der Waals surface area (Å²) in [5.74, 6) is -0.848. The van der Waals surface area contributed by atoms with Gasteiger partial charge in [-0.25, -0.2) is 9.78 Å². The largest absolute Gasteiger partial charge is 0.454 e. The molecule has 3 aliphatic rings. The Morgan fingerprint density at radius 3 is 2.26 bits per heavy atom. The molecule has 8 heteroatoms. The van der Waals surface area contributed by atoms with Crippen LogP contribution in [-0.2, 0) is 14.3 Å². The molecule has 0 N–H and O–H groups in total. The van der Waals surface area contributed by atoms with Gasteiger partial charge in [0.2, 0.25) is 11.8 Å². The van der Waals surface area contributed by atoms with Crippen LogP contribution in [0, 0.1) is 30.6 Å². The summed E-state index contributed by atoms with van der Waals surface area (Å²) >= 11 is 5.91. The predicted molar refractivity (Wildman–Crippen MR) is 158 cm³/mol. The standard InChI is InChI=1S/C34H27ClN2O5/c1-18-3-2-4-25-26(34(41)42-17-28(38)20-7-11-23(35)12-8-20)16-27(36-31(18)25)19-9-13-24(14-10-19)37-32(39)29-21-5-6-22(15-21)30(29)33(37)40/h2-4,7-14,16,21-22,29-30H,5-6,15,17H2,1H3. The highest BCUT2D eigenvalue weighted by Gasteiger charge is 2.61. The number of aromatic nitrogens is 1. The topological polar surface area (TPSA) is 93.6 Å². The number of para-hydroxylation sites is 1. The quantitative estimate of drug-likeness (QED) is 0.148. The summed E-state index contributed by atoms with van der Waals surface area (Å²) in [6.45, 7) is 1.50. The second-order valence-corrected chi connectivity index (χ2v) is 11.9. The van der Waals surface area contributed by atoms with Gasteiger partial charge in [-0.2, -0.15) is 0 Å². The summed E-state index contributed by atoms with van der Waals surface area (Å²) in [4.78, 5) is 58.6. The number of halogens is 1. The number of pyridine rings is 1. The maximum atomic E-state index is 13.3. The molecule has 2 heterocycles. The molecular weight excluding hydrogens is 552 g/mol. The number of carbonyl (C=O) groups excluding carboxylic acids is 4. The van der Waals surface area contributed by atoms with Crippen molar-refractivity contribution in [1.29, 1.82) is 0 Å². The number of ether oxygens (including phenoxy) is 1. The number of hydrogen-bond donors (Lipinski definition) is 0. The molecule has 1 aliphatic heterocycles. The Kier molecular flexibility index (Phi) is 6.43. The SMILES string of the molecule is Cc1cccc2c(C(=O)OCC(=O)c3ccc(Cl)cc3)cc(-c3ccc(N4C(=O)C5C6CCC(C6)C5C4=O)cc3)nc12. The number of anilines is 1. The van der Waals surface area contributed by atoms with E-state index in [-0.39, 0.29) is 29.4 Å². The molecule has 3 aromatic carbocycles. The molecule has 0 radical (unpaired) electrons. The zero-order valence-corrected chi connectivity index (χ0v) is 23.6. The van der Waals surface area contributed by atoms with Gasteiger partial charge in [0.1, 0.15) is 0 Å². The van der Waals surface area contributed by atoms with Crippen LogP contribution in [0.25, 0.3) is 22.2 Å². The smallest absolute Gasteiger partial charge is 0.339 e. The monoisotopic (exact) mass is 578 g/mol. The minimum Gasteiger partial charge on any atom is -0.454 e. The molecule has 210 valence electrons. The number of nitrogens with zero attached hydrogens (tertiary/aromatic N) is 2. The molecule has 7 rings (SSSR count). The lowest BCUT2D eigenvalue weighted by molar-refractivity contribution is -0.123. The lowest BCUT2D eigenvalue weighted by atomic mass is 9.81. The highest BCUT2D eigenvalue weighted by atomic mass is 35.5. The molecule has 4 atom stereocenters. The minimum absolute atomic E-state index is 0.0809. The molecule has 2 saturated carbocycles. The van der Waals surface area contributed by atoms with E-state index < -0.39 is 12.6 Å². The van der Waals surface area contributed by atoms with Gasteiger partial charge >= 0.3 is 5.97 Å². The van der Waals surface area contributed by atoms with Gasteiger partial charge in [0.05, 0.1) is 34.3 Å². The molecule has 2 aliphatic carbocycles. The molecule has 2 bridgehead atoms. The Hall–Kier alpha value is -4.36. The van der Waals surface area contributed by atoms with Gasteiger partial charge in [-0.05, 0) is 86.1 Å². The van der Waals surface area contributed by atoms with Gasteiger partial charge in [0.25, 0.3) is 0 Å².